The molecule has 1 aromatic rings. The summed E-state index contributed by atoms with van der Waals surface area (Å²) in [5.74, 6) is -2.00. The van der Waals surface area contributed by atoms with Crippen LogP contribution in [0.2, 0.25) is 0 Å². The van der Waals surface area contributed by atoms with E-state index in [1.54, 1.807) is 0 Å². The van der Waals surface area contributed by atoms with Crippen LogP contribution in [0.3, 0.4) is 0 Å². The highest BCUT2D eigenvalue weighted by atomic mass is 16.5. The highest BCUT2D eigenvalue weighted by Crippen LogP contribution is 2.48. The molecule has 10 heteroatoms. The predicted octanol–water partition coefficient (Wildman–Crippen LogP) is 0.245. The van der Waals surface area contributed by atoms with E-state index in [9.17, 15) is 24.3 Å². The monoisotopic (exact) mass is 400 g/mol. The number of piperidine rings is 1. The van der Waals surface area contributed by atoms with Crippen molar-refractivity contribution in [3.05, 3.63) is 47.2 Å². The van der Waals surface area contributed by atoms with Gasteiger partial charge in [-0.05, 0) is 12.0 Å². The lowest BCUT2D eigenvalue weighted by atomic mass is 9.78. The van der Waals surface area contributed by atoms with Crippen molar-refractivity contribution in [1.82, 2.24) is 15.1 Å². The summed E-state index contributed by atoms with van der Waals surface area (Å²) in [6, 6.07) is 7.82. The average molecular weight is 400 g/mol. The Labute approximate surface area is 165 Å². The number of hydrogen-bond donors (Lipinski definition) is 3. The Kier molecular flexibility index (Phi) is 4.61. The summed E-state index contributed by atoms with van der Waals surface area (Å²) < 4.78 is 4.81. The number of urea groups is 1. The van der Waals surface area contributed by atoms with E-state index in [4.69, 9.17) is 10.5 Å². The first kappa shape index (κ1) is 18.8. The second-order valence-electron chi connectivity index (χ2n) is 7.16. The lowest BCUT2D eigenvalue weighted by molar-refractivity contribution is -0.160. The summed E-state index contributed by atoms with van der Waals surface area (Å²) in [7, 11) is 0. The van der Waals surface area contributed by atoms with Crippen LogP contribution in [0.4, 0.5) is 9.59 Å². The van der Waals surface area contributed by atoms with E-state index in [2.05, 4.69) is 5.32 Å². The third kappa shape index (κ3) is 3.06. The van der Waals surface area contributed by atoms with Gasteiger partial charge in [-0.1, -0.05) is 30.3 Å². The number of carboxylic acid groups (broad SMARTS) is 1. The second kappa shape index (κ2) is 7.12. The van der Waals surface area contributed by atoms with Crippen LogP contribution in [0, 0.1) is 5.92 Å². The molecule has 0 spiro atoms. The zero-order valence-corrected chi connectivity index (χ0v) is 15.4. The Morgan fingerprint density at radius 3 is 2.62 bits per heavy atom. The molecule has 3 aliphatic rings. The number of benzene rings is 1. The van der Waals surface area contributed by atoms with Gasteiger partial charge >= 0.3 is 18.1 Å². The number of rotatable bonds is 5. The zero-order chi connectivity index (χ0) is 20.7. The molecular weight excluding hydrogens is 380 g/mol. The molecule has 3 atom stereocenters. The average Bonchev–Trinajstić information content (AvgIpc) is 3.03. The topological polar surface area (TPSA) is 142 Å². The SMILES string of the molecule is NC(=O)OCC1=C(C(=O)O)N2C(=O)[C@@H]3[C@H]2C1CCN3C(=O)NCc1ccccc1. The van der Waals surface area contributed by atoms with E-state index >= 15 is 0 Å². The van der Waals surface area contributed by atoms with Crippen LogP contribution in [-0.4, -0.2) is 64.1 Å². The van der Waals surface area contributed by atoms with Crippen molar-refractivity contribution in [2.24, 2.45) is 11.7 Å². The van der Waals surface area contributed by atoms with E-state index in [-0.39, 0.29) is 24.3 Å². The summed E-state index contributed by atoms with van der Waals surface area (Å²) in [4.78, 5) is 50.8. The molecule has 29 heavy (non-hydrogen) atoms. The summed E-state index contributed by atoms with van der Waals surface area (Å²) >= 11 is 0. The number of carboxylic acids is 1. The summed E-state index contributed by atoms with van der Waals surface area (Å²) in [6.07, 6.45) is -0.560. The molecule has 4 amide bonds. The first-order valence-electron chi connectivity index (χ1n) is 9.20. The molecule has 2 saturated heterocycles. The van der Waals surface area contributed by atoms with Crippen LogP contribution in [0.1, 0.15) is 12.0 Å². The van der Waals surface area contributed by atoms with Crippen LogP contribution in [0.25, 0.3) is 0 Å². The molecule has 4 rings (SSSR count). The Morgan fingerprint density at radius 1 is 1.24 bits per heavy atom. The molecule has 0 saturated carbocycles. The molecule has 1 aromatic carbocycles. The number of aliphatic carboxylic acids is 1. The molecular formula is C19H20N4O6. The van der Waals surface area contributed by atoms with Crippen LogP contribution >= 0.6 is 0 Å². The van der Waals surface area contributed by atoms with Gasteiger partial charge in [0, 0.05) is 24.6 Å². The number of β-lactam (4-membered cyclic amide) rings is 1. The van der Waals surface area contributed by atoms with Gasteiger partial charge in [0.05, 0.1) is 6.04 Å². The number of carbonyl (C=O) groups excluding carboxylic acids is 3. The van der Waals surface area contributed by atoms with E-state index in [1.807, 2.05) is 30.3 Å². The maximum Gasteiger partial charge on any atom is 0.404 e. The number of primary amides is 1. The molecule has 0 bridgehead atoms. The van der Waals surface area contributed by atoms with Gasteiger partial charge < -0.3 is 25.8 Å². The standard InChI is InChI=1S/C19H20N4O6/c20-18(27)29-9-12-11-6-7-22(19(28)21-8-10-4-2-1-3-5-10)15-13(11)23(16(15)24)14(12)17(25)26/h1-5,11,13,15H,6-9H2,(H2,20,27)(H,21,28)(H,25,26)/t11?,13-,15+/m1/s1. The van der Waals surface area contributed by atoms with Crippen molar-refractivity contribution in [2.45, 2.75) is 25.0 Å². The Hall–Kier alpha value is -3.56. The summed E-state index contributed by atoms with van der Waals surface area (Å²) in [6.45, 7) is 0.332. The third-order valence-electron chi connectivity index (χ3n) is 5.65. The van der Waals surface area contributed by atoms with E-state index in [0.717, 1.165) is 5.56 Å². The van der Waals surface area contributed by atoms with Crippen molar-refractivity contribution >= 4 is 24.0 Å². The number of nitrogens with two attached hydrogens (primary N) is 1. The maximum absolute atomic E-state index is 12.7. The van der Waals surface area contributed by atoms with Crippen LogP contribution < -0.4 is 11.1 Å². The fourth-order valence-corrected chi connectivity index (χ4v) is 4.44. The van der Waals surface area contributed by atoms with Gasteiger partial charge in [0.2, 0.25) is 0 Å². The smallest absolute Gasteiger partial charge is 0.404 e. The Morgan fingerprint density at radius 2 is 1.97 bits per heavy atom. The van der Waals surface area contributed by atoms with Crippen molar-refractivity contribution in [1.29, 1.82) is 0 Å². The van der Waals surface area contributed by atoms with Gasteiger partial charge in [-0.3, -0.25) is 9.69 Å². The van der Waals surface area contributed by atoms with Gasteiger partial charge in [-0.25, -0.2) is 14.4 Å². The van der Waals surface area contributed by atoms with E-state index in [0.29, 0.717) is 25.1 Å². The maximum atomic E-state index is 12.7. The number of ether oxygens (including phenoxy) is 1. The summed E-state index contributed by atoms with van der Waals surface area (Å²) in [5.41, 5.74) is 6.12. The third-order valence-corrected chi connectivity index (χ3v) is 5.65. The molecule has 0 aliphatic carbocycles. The van der Waals surface area contributed by atoms with Gasteiger partial charge in [-0.2, -0.15) is 0 Å². The molecule has 3 aliphatic heterocycles. The first-order chi connectivity index (χ1) is 13.9. The molecule has 0 radical (unpaired) electrons. The number of carbonyl (C=O) groups is 4. The fourth-order valence-electron chi connectivity index (χ4n) is 4.44. The number of likely N-dealkylation sites (tertiary alicyclic amines) is 1. The highest BCUT2D eigenvalue weighted by molar-refractivity contribution is 6.03. The minimum absolute atomic E-state index is 0.172. The van der Waals surface area contributed by atoms with E-state index < -0.39 is 30.1 Å². The fraction of sp³-hybridized carbons (Fsp3) is 0.368. The Balaban J connectivity index is 1.50. The molecule has 0 aromatic heterocycles. The number of amides is 4. The minimum atomic E-state index is -1.27. The van der Waals surface area contributed by atoms with Gasteiger partial charge in [0.15, 0.2) is 0 Å². The molecule has 4 N–H and O–H groups in total. The highest BCUT2D eigenvalue weighted by Gasteiger charge is 2.64. The van der Waals surface area contributed by atoms with Crippen LogP contribution in [-0.2, 0) is 20.9 Å². The number of nitrogens with zero attached hydrogens (tertiary/aromatic N) is 2. The van der Waals surface area contributed by atoms with Crippen LogP contribution in [0.5, 0.6) is 0 Å². The van der Waals surface area contributed by atoms with Gasteiger partial charge in [0.25, 0.3) is 5.91 Å². The zero-order valence-electron chi connectivity index (χ0n) is 15.4. The Bertz CT molecular complexity index is 915. The summed E-state index contributed by atoms with van der Waals surface area (Å²) in [5, 5.41) is 12.4. The quantitative estimate of drug-likeness (QED) is 0.605. The molecule has 10 nitrogen and oxygen atoms in total. The normalized spacial score (nSPS) is 24.7. The molecule has 3 heterocycles. The predicted molar refractivity (Wildman–Crippen MR) is 98.1 cm³/mol. The molecule has 2 fully saturated rings. The lowest BCUT2D eigenvalue weighted by Crippen LogP contribution is -2.74. The van der Waals surface area contributed by atoms with Gasteiger partial charge in [0.1, 0.15) is 18.3 Å². The number of hydrogen-bond acceptors (Lipinski definition) is 5. The minimum Gasteiger partial charge on any atom is -0.477 e. The number of nitrogens with one attached hydrogen (secondary N) is 1. The molecule has 1 unspecified atom stereocenters. The largest absolute Gasteiger partial charge is 0.477 e. The second-order valence-corrected chi connectivity index (χ2v) is 7.16. The van der Waals surface area contributed by atoms with Crippen molar-refractivity contribution in [3.63, 3.8) is 0 Å². The van der Waals surface area contributed by atoms with Crippen molar-refractivity contribution < 1.29 is 29.0 Å². The lowest BCUT2D eigenvalue weighted by Gasteiger charge is -2.53. The van der Waals surface area contributed by atoms with Gasteiger partial charge in [-0.15, -0.1) is 0 Å². The van der Waals surface area contributed by atoms with Crippen molar-refractivity contribution in [2.75, 3.05) is 13.2 Å². The van der Waals surface area contributed by atoms with Crippen LogP contribution in [0.15, 0.2) is 41.6 Å². The molecule has 152 valence electrons. The first-order valence-corrected chi connectivity index (χ1v) is 9.20. The van der Waals surface area contributed by atoms with Crippen molar-refractivity contribution in [3.8, 4) is 0 Å². The van der Waals surface area contributed by atoms with E-state index in [1.165, 1.54) is 9.80 Å².